The molecule has 1 heterocycles. The van der Waals surface area contributed by atoms with E-state index in [9.17, 15) is 4.79 Å². The van der Waals surface area contributed by atoms with Crippen LogP contribution >= 0.6 is 22.9 Å². The van der Waals surface area contributed by atoms with Gasteiger partial charge in [-0.05, 0) is 26.2 Å². The van der Waals surface area contributed by atoms with Gasteiger partial charge >= 0.3 is 5.97 Å². The van der Waals surface area contributed by atoms with Gasteiger partial charge in [0.2, 0.25) is 0 Å². The summed E-state index contributed by atoms with van der Waals surface area (Å²) in [6, 6.07) is 2.25. The molecule has 0 aromatic carbocycles. The van der Waals surface area contributed by atoms with Gasteiger partial charge in [0.05, 0.1) is 10.4 Å². The van der Waals surface area contributed by atoms with Crippen molar-refractivity contribution in [2.24, 2.45) is 5.73 Å². The van der Waals surface area contributed by atoms with E-state index < -0.39 is 12.0 Å². The Bertz CT molecular complexity index is 354. The van der Waals surface area contributed by atoms with Crippen LogP contribution in [0.2, 0.25) is 4.34 Å². The molecule has 0 aliphatic carbocycles. The van der Waals surface area contributed by atoms with Crippen LogP contribution in [0.15, 0.2) is 12.1 Å². The summed E-state index contributed by atoms with van der Waals surface area (Å²) in [5.74, 6) is -1.02. The molecule has 0 bridgehead atoms. The highest BCUT2D eigenvalue weighted by atomic mass is 35.5. The lowest BCUT2D eigenvalue weighted by molar-refractivity contribution is -0.140. The van der Waals surface area contributed by atoms with E-state index in [1.807, 2.05) is 0 Å². The number of halogens is 1. The molecule has 84 valence electrons. The van der Waals surface area contributed by atoms with Gasteiger partial charge < -0.3 is 10.8 Å². The zero-order chi connectivity index (χ0) is 11.6. The van der Waals surface area contributed by atoms with Gasteiger partial charge in [0.1, 0.15) is 6.04 Å². The number of rotatable bonds is 4. The monoisotopic (exact) mass is 248 g/mol. The minimum atomic E-state index is -1.02. The maximum atomic E-state index is 10.8. The van der Waals surface area contributed by atoms with E-state index in [4.69, 9.17) is 22.4 Å². The Morgan fingerprint density at radius 1 is 1.60 bits per heavy atom. The molecule has 0 saturated carbocycles. The molecule has 0 radical (unpaired) electrons. The van der Waals surface area contributed by atoms with Crippen LogP contribution in [0.25, 0.3) is 0 Å². The average Bonchev–Trinajstić information content (AvgIpc) is 2.51. The van der Waals surface area contributed by atoms with Gasteiger partial charge in [-0.1, -0.05) is 11.6 Å². The van der Waals surface area contributed by atoms with Crippen molar-refractivity contribution in [1.29, 1.82) is 0 Å². The molecule has 0 amide bonds. The molecule has 1 rings (SSSR count). The number of thiophene rings is 1. The molecule has 1 aromatic heterocycles. The van der Waals surface area contributed by atoms with Crippen LogP contribution in [0.4, 0.5) is 0 Å². The van der Waals surface area contributed by atoms with Crippen LogP contribution in [-0.2, 0) is 4.79 Å². The second-order valence-corrected chi connectivity index (χ2v) is 5.16. The number of hydrogen-bond acceptors (Lipinski definition) is 4. The molecule has 0 aliphatic rings. The minimum absolute atomic E-state index is 0.347. The Labute approximate surface area is 97.3 Å². The molecule has 15 heavy (non-hydrogen) atoms. The number of carboxylic acid groups (broad SMARTS) is 1. The Morgan fingerprint density at radius 3 is 2.53 bits per heavy atom. The average molecular weight is 249 g/mol. The molecule has 2 unspecified atom stereocenters. The van der Waals surface area contributed by atoms with Crippen LogP contribution in [0, 0.1) is 0 Å². The number of hydrogen-bond donors (Lipinski definition) is 2. The molecule has 3 N–H and O–H groups in total. The molecule has 0 saturated heterocycles. The van der Waals surface area contributed by atoms with Crippen LogP contribution in [-0.4, -0.2) is 36.1 Å². The van der Waals surface area contributed by atoms with Crippen molar-refractivity contribution in [1.82, 2.24) is 4.90 Å². The molecule has 1 aromatic rings. The topological polar surface area (TPSA) is 66.6 Å². The highest BCUT2D eigenvalue weighted by Crippen LogP contribution is 2.30. The third-order valence-corrected chi connectivity index (χ3v) is 3.37. The summed E-state index contributed by atoms with van der Waals surface area (Å²) >= 11 is 7.16. The molecular formula is C9H13ClN2O2S. The van der Waals surface area contributed by atoms with Crippen LogP contribution in [0.5, 0.6) is 0 Å². The quantitative estimate of drug-likeness (QED) is 0.846. The van der Waals surface area contributed by atoms with Crippen molar-refractivity contribution in [2.75, 3.05) is 14.1 Å². The van der Waals surface area contributed by atoms with Gasteiger partial charge in [0.15, 0.2) is 0 Å². The zero-order valence-electron chi connectivity index (χ0n) is 8.48. The molecule has 0 aliphatic heterocycles. The van der Waals surface area contributed by atoms with Gasteiger partial charge in [0.25, 0.3) is 0 Å². The summed E-state index contributed by atoms with van der Waals surface area (Å²) in [5, 5.41) is 8.89. The van der Waals surface area contributed by atoms with Crippen molar-refractivity contribution in [2.45, 2.75) is 12.1 Å². The van der Waals surface area contributed by atoms with Gasteiger partial charge in [-0.3, -0.25) is 9.69 Å². The fourth-order valence-electron chi connectivity index (χ4n) is 1.37. The number of aliphatic carboxylic acids is 1. The first-order chi connectivity index (χ1) is 6.93. The maximum Gasteiger partial charge on any atom is 0.322 e. The fourth-order valence-corrected chi connectivity index (χ4v) is 2.68. The zero-order valence-corrected chi connectivity index (χ0v) is 10.0. The predicted molar refractivity (Wildman–Crippen MR) is 61.4 cm³/mol. The van der Waals surface area contributed by atoms with Crippen molar-refractivity contribution < 1.29 is 9.90 Å². The van der Waals surface area contributed by atoms with Gasteiger partial charge in [-0.25, -0.2) is 0 Å². The summed E-state index contributed by atoms with van der Waals surface area (Å²) in [4.78, 5) is 13.5. The summed E-state index contributed by atoms with van der Waals surface area (Å²) in [6.07, 6.45) is 0. The summed E-state index contributed by atoms with van der Waals surface area (Å²) in [7, 11) is 3.59. The highest BCUT2D eigenvalue weighted by Gasteiger charge is 2.28. The molecule has 0 spiro atoms. The van der Waals surface area contributed by atoms with E-state index >= 15 is 0 Å². The van der Waals surface area contributed by atoms with Crippen LogP contribution in [0.1, 0.15) is 10.9 Å². The highest BCUT2D eigenvalue weighted by molar-refractivity contribution is 7.16. The van der Waals surface area contributed by atoms with Gasteiger partial charge in [-0.15, -0.1) is 11.3 Å². The standard InChI is InChI=1S/C9H13ClN2O2S/c1-12(2)8(7(11)9(13)14)5-3-4-6(10)15-5/h3-4,7-8H,11H2,1-2H3,(H,13,14). The molecule has 0 fully saturated rings. The lowest BCUT2D eigenvalue weighted by atomic mass is 10.1. The second-order valence-electron chi connectivity index (χ2n) is 3.41. The Kier molecular flexibility index (Phi) is 4.10. The molecule has 4 nitrogen and oxygen atoms in total. The Morgan fingerprint density at radius 2 is 2.20 bits per heavy atom. The first-order valence-corrected chi connectivity index (χ1v) is 5.53. The van der Waals surface area contributed by atoms with Crippen molar-refractivity contribution in [3.05, 3.63) is 21.3 Å². The largest absolute Gasteiger partial charge is 0.480 e. The maximum absolute atomic E-state index is 10.8. The van der Waals surface area contributed by atoms with Gasteiger partial charge in [-0.2, -0.15) is 0 Å². The summed E-state index contributed by atoms with van der Waals surface area (Å²) in [5.41, 5.74) is 5.63. The second kappa shape index (κ2) is 4.94. The van der Waals surface area contributed by atoms with Crippen molar-refractivity contribution in [3.8, 4) is 0 Å². The first-order valence-electron chi connectivity index (χ1n) is 4.33. The molecule has 6 heteroatoms. The smallest absolute Gasteiger partial charge is 0.322 e. The van der Waals surface area contributed by atoms with Crippen molar-refractivity contribution >= 4 is 28.9 Å². The fraction of sp³-hybridized carbons (Fsp3) is 0.444. The SMILES string of the molecule is CN(C)C(c1ccc(Cl)s1)C(N)C(=O)O. The van der Waals surface area contributed by atoms with Crippen molar-refractivity contribution in [3.63, 3.8) is 0 Å². The normalized spacial score (nSPS) is 15.3. The van der Waals surface area contributed by atoms with E-state index in [2.05, 4.69) is 0 Å². The Hall–Kier alpha value is -0.620. The van der Waals surface area contributed by atoms with Gasteiger partial charge in [0, 0.05) is 4.88 Å². The number of nitrogens with two attached hydrogens (primary N) is 1. The number of likely N-dealkylation sites (N-methyl/N-ethyl adjacent to an activating group) is 1. The predicted octanol–water partition coefficient (Wildman–Crippen LogP) is 1.42. The molecular weight excluding hydrogens is 236 g/mol. The number of nitrogens with zero attached hydrogens (tertiary/aromatic N) is 1. The van der Waals surface area contributed by atoms with Crippen LogP contribution < -0.4 is 5.73 Å². The third kappa shape index (κ3) is 2.92. The van der Waals surface area contributed by atoms with E-state index in [0.29, 0.717) is 4.34 Å². The van der Waals surface area contributed by atoms with E-state index in [1.165, 1.54) is 11.3 Å². The minimum Gasteiger partial charge on any atom is -0.480 e. The number of carboxylic acids is 1. The summed E-state index contributed by atoms with van der Waals surface area (Å²) < 4.78 is 0.634. The summed E-state index contributed by atoms with van der Waals surface area (Å²) in [6.45, 7) is 0. The molecule has 2 atom stereocenters. The lowest BCUT2D eigenvalue weighted by Gasteiger charge is -2.26. The van der Waals surface area contributed by atoms with E-state index in [0.717, 1.165) is 4.88 Å². The first kappa shape index (κ1) is 12.4. The third-order valence-electron chi connectivity index (χ3n) is 2.07. The van der Waals surface area contributed by atoms with E-state index in [-0.39, 0.29) is 6.04 Å². The van der Waals surface area contributed by atoms with Crippen LogP contribution in [0.3, 0.4) is 0 Å². The lowest BCUT2D eigenvalue weighted by Crippen LogP contribution is -2.42. The van der Waals surface area contributed by atoms with E-state index in [1.54, 1.807) is 31.1 Å². The Balaban J connectivity index is 2.98. The number of carbonyl (C=O) groups is 1.